The molecule has 49 heavy (non-hydrogen) atoms. The minimum absolute atomic E-state index is 0.0113. The number of carbonyl (C=O) groups is 2. The van der Waals surface area contributed by atoms with Crippen LogP contribution in [-0.4, -0.2) is 63.9 Å². The molecule has 0 fully saturated rings. The molecule has 1 atom stereocenters. The summed E-state index contributed by atoms with van der Waals surface area (Å²) >= 11 is 1.17. The maximum atomic E-state index is 13.9. The molecule has 11 nitrogen and oxygen atoms in total. The van der Waals surface area contributed by atoms with E-state index in [-0.39, 0.29) is 36.8 Å². The van der Waals surface area contributed by atoms with Gasteiger partial charge in [-0.1, -0.05) is 42.1 Å². The molecule has 0 aliphatic carbocycles. The monoisotopic (exact) mass is 680 g/mol. The van der Waals surface area contributed by atoms with Crippen LogP contribution in [0.5, 0.6) is 17.2 Å². The third kappa shape index (κ3) is 8.07. The summed E-state index contributed by atoms with van der Waals surface area (Å²) in [6.45, 7) is -0.161. The van der Waals surface area contributed by atoms with E-state index in [0.717, 1.165) is 22.6 Å². The van der Waals surface area contributed by atoms with E-state index >= 15 is 0 Å². The molecule has 0 saturated heterocycles. The van der Waals surface area contributed by atoms with Gasteiger partial charge in [0.1, 0.15) is 23.1 Å². The fourth-order valence-electron chi connectivity index (χ4n) is 5.23. The number of carbonyl (C=O) groups excluding carboxylic acids is 2. The number of hydrazone groups is 1. The molecule has 250 valence electrons. The number of ether oxygens (including phenoxy) is 3. The summed E-state index contributed by atoms with van der Waals surface area (Å²) in [6, 6.07) is 29.6. The SMILES string of the molecule is COc1ccc(C2=NN(C(=O)CSc3nnc(CNC(=O)COc4ccccc4)n3-c3ccc(F)cc3)C(c3ccc(OC)cc3)C2)cc1. The van der Waals surface area contributed by atoms with Gasteiger partial charge in [0.15, 0.2) is 17.6 Å². The summed E-state index contributed by atoms with van der Waals surface area (Å²) in [5.41, 5.74) is 3.14. The molecule has 1 unspecified atom stereocenters. The van der Waals surface area contributed by atoms with Crippen LogP contribution in [0.25, 0.3) is 5.69 Å². The van der Waals surface area contributed by atoms with Crippen LogP contribution < -0.4 is 19.5 Å². The van der Waals surface area contributed by atoms with E-state index in [1.165, 1.54) is 28.9 Å². The van der Waals surface area contributed by atoms with Crippen molar-refractivity contribution in [3.8, 4) is 22.9 Å². The van der Waals surface area contributed by atoms with Crippen LogP contribution in [0.4, 0.5) is 4.39 Å². The van der Waals surface area contributed by atoms with Gasteiger partial charge in [-0.3, -0.25) is 14.2 Å². The fraction of sp³-hybridized carbons (Fsp3) is 0.194. The number of hydrogen-bond donors (Lipinski definition) is 1. The average Bonchev–Trinajstić information content (AvgIpc) is 3.78. The van der Waals surface area contributed by atoms with Gasteiger partial charge in [0.05, 0.1) is 38.3 Å². The average molecular weight is 681 g/mol. The number of nitrogens with zero attached hydrogens (tertiary/aromatic N) is 5. The van der Waals surface area contributed by atoms with Gasteiger partial charge < -0.3 is 19.5 Å². The largest absolute Gasteiger partial charge is 0.497 e. The highest BCUT2D eigenvalue weighted by atomic mass is 32.2. The van der Waals surface area contributed by atoms with Crippen LogP contribution in [0.2, 0.25) is 0 Å². The summed E-state index contributed by atoms with van der Waals surface area (Å²) in [4.78, 5) is 26.5. The van der Waals surface area contributed by atoms with E-state index in [1.807, 2.05) is 66.7 Å². The van der Waals surface area contributed by atoms with Crippen molar-refractivity contribution in [2.24, 2.45) is 5.10 Å². The first-order valence-corrected chi connectivity index (χ1v) is 16.4. The Morgan fingerprint density at radius 3 is 2.20 bits per heavy atom. The molecule has 0 saturated carbocycles. The molecule has 2 heterocycles. The Hall–Kier alpha value is -5.69. The highest BCUT2D eigenvalue weighted by Crippen LogP contribution is 2.35. The zero-order valence-corrected chi connectivity index (χ0v) is 27.6. The Labute approximate surface area is 286 Å². The summed E-state index contributed by atoms with van der Waals surface area (Å²) in [6.07, 6.45) is 0.513. The number of para-hydroxylation sites is 1. The number of aromatic nitrogens is 3. The number of hydrogen-bond acceptors (Lipinski definition) is 9. The molecule has 6 rings (SSSR count). The lowest BCUT2D eigenvalue weighted by Gasteiger charge is -2.22. The van der Waals surface area contributed by atoms with Crippen LogP contribution in [0.1, 0.15) is 29.4 Å². The second-order valence-electron chi connectivity index (χ2n) is 10.9. The van der Waals surface area contributed by atoms with Crippen LogP contribution in [0.15, 0.2) is 113 Å². The molecule has 0 spiro atoms. The van der Waals surface area contributed by atoms with Crippen molar-refractivity contribution in [3.63, 3.8) is 0 Å². The highest BCUT2D eigenvalue weighted by Gasteiger charge is 2.33. The van der Waals surface area contributed by atoms with E-state index < -0.39 is 5.82 Å². The predicted molar refractivity (Wildman–Crippen MR) is 183 cm³/mol. The number of halogens is 1. The Morgan fingerprint density at radius 2 is 1.53 bits per heavy atom. The molecule has 0 radical (unpaired) electrons. The molecule has 13 heteroatoms. The lowest BCUT2D eigenvalue weighted by molar-refractivity contribution is -0.130. The predicted octanol–water partition coefficient (Wildman–Crippen LogP) is 5.59. The van der Waals surface area contributed by atoms with Gasteiger partial charge in [-0.05, 0) is 83.9 Å². The number of thioether (sulfide) groups is 1. The van der Waals surface area contributed by atoms with E-state index in [2.05, 4.69) is 15.5 Å². The van der Waals surface area contributed by atoms with Crippen molar-refractivity contribution < 1.29 is 28.2 Å². The molecule has 0 bridgehead atoms. The Morgan fingerprint density at radius 1 is 0.857 bits per heavy atom. The number of benzene rings is 4. The molecule has 1 N–H and O–H groups in total. The molecular weight excluding hydrogens is 647 g/mol. The van der Waals surface area contributed by atoms with Crippen LogP contribution >= 0.6 is 11.8 Å². The molecule has 1 aromatic heterocycles. The first kappa shape index (κ1) is 33.2. The van der Waals surface area contributed by atoms with Gasteiger partial charge in [-0.15, -0.1) is 10.2 Å². The van der Waals surface area contributed by atoms with Crippen LogP contribution in [0, 0.1) is 5.82 Å². The van der Waals surface area contributed by atoms with Gasteiger partial charge in [0, 0.05) is 12.1 Å². The Balaban J connectivity index is 1.20. The van der Waals surface area contributed by atoms with E-state index in [9.17, 15) is 14.0 Å². The summed E-state index contributed by atoms with van der Waals surface area (Å²) < 4.78 is 31.7. The van der Waals surface area contributed by atoms with E-state index in [4.69, 9.17) is 19.3 Å². The van der Waals surface area contributed by atoms with Gasteiger partial charge in [-0.2, -0.15) is 5.10 Å². The van der Waals surface area contributed by atoms with E-state index in [0.29, 0.717) is 34.6 Å². The van der Waals surface area contributed by atoms with Crippen molar-refractivity contribution in [2.75, 3.05) is 26.6 Å². The van der Waals surface area contributed by atoms with Crippen molar-refractivity contribution >= 4 is 29.3 Å². The summed E-state index contributed by atoms with van der Waals surface area (Å²) in [7, 11) is 3.21. The Kier molecular flexibility index (Phi) is 10.5. The lowest BCUT2D eigenvalue weighted by Crippen LogP contribution is -2.29. The molecule has 2 amide bonds. The number of methoxy groups -OCH3 is 2. The fourth-order valence-corrected chi connectivity index (χ4v) is 6.05. The Bertz CT molecular complexity index is 1920. The van der Waals surface area contributed by atoms with Gasteiger partial charge in [-0.25, -0.2) is 9.40 Å². The minimum Gasteiger partial charge on any atom is -0.497 e. The maximum Gasteiger partial charge on any atom is 0.258 e. The summed E-state index contributed by atoms with van der Waals surface area (Å²) in [5.74, 6) is 1.39. The van der Waals surface area contributed by atoms with Crippen LogP contribution in [0.3, 0.4) is 0 Å². The molecular formula is C36H33FN6O5S. The van der Waals surface area contributed by atoms with E-state index in [1.54, 1.807) is 43.1 Å². The third-order valence-corrected chi connectivity index (χ3v) is 8.67. The number of amides is 2. The zero-order chi connectivity index (χ0) is 34.2. The van der Waals surface area contributed by atoms with Crippen LogP contribution in [-0.2, 0) is 16.1 Å². The normalized spacial score (nSPS) is 13.9. The second kappa shape index (κ2) is 15.5. The molecule has 5 aromatic rings. The lowest BCUT2D eigenvalue weighted by atomic mass is 9.98. The zero-order valence-electron chi connectivity index (χ0n) is 26.8. The topological polar surface area (TPSA) is 120 Å². The van der Waals surface area contributed by atoms with Gasteiger partial charge >= 0.3 is 0 Å². The first-order valence-electron chi connectivity index (χ1n) is 15.4. The summed E-state index contributed by atoms with van der Waals surface area (Å²) in [5, 5.41) is 18.1. The number of rotatable bonds is 13. The standard InChI is InChI=1S/C36H33FN6O5S/c1-46-28-16-8-24(9-17-28)31-20-32(25-10-18-29(47-2)19-11-25)43(41-31)35(45)23-49-36-40-39-33(42(36)27-14-12-26(37)13-15-27)21-38-34(44)22-48-30-6-4-3-5-7-30/h3-19,32H,20-23H2,1-2H3,(H,38,44). The maximum absolute atomic E-state index is 13.9. The van der Waals surface area contributed by atoms with Gasteiger partial charge in [0.2, 0.25) is 0 Å². The van der Waals surface area contributed by atoms with Crippen molar-refractivity contribution in [1.29, 1.82) is 0 Å². The smallest absolute Gasteiger partial charge is 0.258 e. The van der Waals surface area contributed by atoms with Crippen molar-refractivity contribution in [1.82, 2.24) is 25.1 Å². The quantitative estimate of drug-likeness (QED) is 0.160. The molecule has 1 aliphatic heterocycles. The minimum atomic E-state index is -0.404. The number of nitrogens with one attached hydrogen (secondary N) is 1. The first-order chi connectivity index (χ1) is 23.9. The van der Waals surface area contributed by atoms with Gasteiger partial charge in [0.25, 0.3) is 11.8 Å². The van der Waals surface area contributed by atoms with Crippen molar-refractivity contribution in [2.45, 2.75) is 24.2 Å². The highest BCUT2D eigenvalue weighted by molar-refractivity contribution is 7.99. The third-order valence-electron chi connectivity index (χ3n) is 7.76. The second-order valence-corrected chi connectivity index (χ2v) is 11.8. The molecule has 4 aromatic carbocycles. The molecule has 1 aliphatic rings. The van der Waals surface area contributed by atoms with Crippen molar-refractivity contribution in [3.05, 3.63) is 126 Å².